The van der Waals surface area contributed by atoms with Crippen molar-refractivity contribution in [3.8, 4) is 11.6 Å². The number of nitrogens with zero attached hydrogens (tertiary/aromatic N) is 2. The van der Waals surface area contributed by atoms with Crippen molar-refractivity contribution in [3.05, 3.63) is 46.0 Å². The highest BCUT2D eigenvalue weighted by Crippen LogP contribution is 2.27. The van der Waals surface area contributed by atoms with Crippen LogP contribution in [-0.4, -0.2) is 9.55 Å². The van der Waals surface area contributed by atoms with E-state index in [4.69, 9.17) is 22.1 Å². The molecule has 6 heteroatoms. The normalized spacial score (nSPS) is 10.8. The maximum absolute atomic E-state index is 12.2. The highest BCUT2D eigenvalue weighted by Gasteiger charge is 2.10. The van der Waals surface area contributed by atoms with Gasteiger partial charge in [-0.2, -0.15) is 0 Å². The fourth-order valence-electron chi connectivity index (χ4n) is 1.74. The van der Waals surface area contributed by atoms with Crippen LogP contribution in [0.25, 0.3) is 0 Å². The van der Waals surface area contributed by atoms with Crippen molar-refractivity contribution in [2.75, 3.05) is 5.73 Å². The molecule has 1 heterocycles. The molecule has 0 atom stereocenters. The Bertz CT molecular complexity index is 668. The highest BCUT2D eigenvalue weighted by atomic mass is 35.5. The second kappa shape index (κ2) is 5.96. The highest BCUT2D eigenvalue weighted by molar-refractivity contribution is 6.30. The van der Waals surface area contributed by atoms with Gasteiger partial charge in [0.15, 0.2) is 5.75 Å². The molecule has 0 aliphatic heterocycles. The van der Waals surface area contributed by atoms with Gasteiger partial charge in [-0.15, -0.1) is 0 Å². The van der Waals surface area contributed by atoms with E-state index >= 15 is 0 Å². The summed E-state index contributed by atoms with van der Waals surface area (Å²) in [6.45, 7) is 4.66. The number of hydrogen-bond donors (Lipinski definition) is 1. The summed E-state index contributed by atoms with van der Waals surface area (Å²) in [5.74, 6) is 0.658. The SMILES string of the molecule is CC(C)Cn1ccnc(Oc2cc(Cl)ccc2N)c1=O. The van der Waals surface area contributed by atoms with Gasteiger partial charge in [-0.25, -0.2) is 4.98 Å². The van der Waals surface area contributed by atoms with Crippen molar-refractivity contribution in [1.29, 1.82) is 0 Å². The molecule has 0 aliphatic carbocycles. The third-order valence-electron chi connectivity index (χ3n) is 2.63. The van der Waals surface area contributed by atoms with Crippen LogP contribution < -0.4 is 16.0 Å². The Morgan fingerprint density at radius 2 is 2.20 bits per heavy atom. The molecule has 0 bridgehead atoms. The first-order valence-electron chi connectivity index (χ1n) is 6.25. The summed E-state index contributed by atoms with van der Waals surface area (Å²) in [7, 11) is 0. The van der Waals surface area contributed by atoms with Gasteiger partial charge in [0.25, 0.3) is 5.88 Å². The number of ether oxygens (including phenoxy) is 1. The molecule has 2 rings (SSSR count). The smallest absolute Gasteiger partial charge is 0.313 e. The third kappa shape index (κ3) is 3.30. The van der Waals surface area contributed by atoms with Crippen LogP contribution in [-0.2, 0) is 6.54 Å². The predicted molar refractivity (Wildman–Crippen MR) is 79.3 cm³/mol. The summed E-state index contributed by atoms with van der Waals surface area (Å²) in [5.41, 5.74) is 5.89. The van der Waals surface area contributed by atoms with Gasteiger partial charge < -0.3 is 15.0 Å². The first-order chi connectivity index (χ1) is 9.47. The summed E-state index contributed by atoms with van der Waals surface area (Å²) in [4.78, 5) is 16.2. The molecule has 0 radical (unpaired) electrons. The molecular formula is C14H16ClN3O2. The predicted octanol–water partition coefficient (Wildman–Crippen LogP) is 2.93. The summed E-state index contributed by atoms with van der Waals surface area (Å²) in [5, 5.41) is 0.479. The average molecular weight is 294 g/mol. The lowest BCUT2D eigenvalue weighted by molar-refractivity contribution is 0.434. The van der Waals surface area contributed by atoms with Crippen molar-refractivity contribution in [1.82, 2.24) is 9.55 Å². The maximum Gasteiger partial charge on any atom is 0.313 e. The van der Waals surface area contributed by atoms with E-state index in [1.807, 2.05) is 13.8 Å². The van der Waals surface area contributed by atoms with E-state index in [1.165, 1.54) is 6.20 Å². The van der Waals surface area contributed by atoms with Gasteiger partial charge in [-0.05, 0) is 18.1 Å². The zero-order chi connectivity index (χ0) is 14.7. The molecule has 20 heavy (non-hydrogen) atoms. The lowest BCUT2D eigenvalue weighted by Gasteiger charge is -2.11. The average Bonchev–Trinajstić information content (AvgIpc) is 2.38. The van der Waals surface area contributed by atoms with Gasteiger partial charge in [0.05, 0.1) is 5.69 Å². The number of hydrogen-bond acceptors (Lipinski definition) is 4. The van der Waals surface area contributed by atoms with Crippen LogP contribution in [0.2, 0.25) is 5.02 Å². The number of rotatable bonds is 4. The first kappa shape index (κ1) is 14.4. The van der Waals surface area contributed by atoms with E-state index in [0.717, 1.165) is 0 Å². The Morgan fingerprint density at radius 3 is 2.90 bits per heavy atom. The van der Waals surface area contributed by atoms with Crippen LogP contribution in [0, 0.1) is 5.92 Å². The van der Waals surface area contributed by atoms with Crippen molar-refractivity contribution in [3.63, 3.8) is 0 Å². The Hall–Kier alpha value is -2.01. The van der Waals surface area contributed by atoms with Gasteiger partial charge in [0.2, 0.25) is 0 Å². The van der Waals surface area contributed by atoms with Crippen LogP contribution in [0.15, 0.2) is 35.4 Å². The Kier molecular flexibility index (Phi) is 4.29. The fourth-order valence-corrected chi connectivity index (χ4v) is 1.90. The fraction of sp³-hybridized carbons (Fsp3) is 0.286. The molecule has 106 valence electrons. The molecular weight excluding hydrogens is 278 g/mol. The van der Waals surface area contributed by atoms with Crippen LogP contribution in [0.1, 0.15) is 13.8 Å². The van der Waals surface area contributed by atoms with Gasteiger partial charge in [-0.1, -0.05) is 25.4 Å². The minimum absolute atomic E-state index is 0.0119. The molecule has 2 N–H and O–H groups in total. The number of anilines is 1. The molecule has 0 fully saturated rings. The molecule has 2 aromatic rings. The van der Waals surface area contributed by atoms with E-state index in [2.05, 4.69) is 4.98 Å². The number of nitrogens with two attached hydrogens (primary N) is 1. The number of benzene rings is 1. The van der Waals surface area contributed by atoms with Crippen molar-refractivity contribution in [2.45, 2.75) is 20.4 Å². The molecule has 1 aromatic heterocycles. The summed E-state index contributed by atoms with van der Waals surface area (Å²) in [6.07, 6.45) is 3.16. The van der Waals surface area contributed by atoms with Gasteiger partial charge >= 0.3 is 5.56 Å². The van der Waals surface area contributed by atoms with Crippen LogP contribution in [0.5, 0.6) is 11.6 Å². The van der Waals surface area contributed by atoms with Crippen molar-refractivity contribution >= 4 is 17.3 Å². The Morgan fingerprint density at radius 1 is 1.45 bits per heavy atom. The standard InChI is InChI=1S/C14H16ClN3O2/c1-9(2)8-18-6-5-17-13(14(18)19)20-12-7-10(15)3-4-11(12)16/h3-7,9H,8,16H2,1-2H3. The number of aromatic nitrogens is 2. The van der Waals surface area contributed by atoms with E-state index < -0.39 is 0 Å². The van der Waals surface area contributed by atoms with Crippen molar-refractivity contribution < 1.29 is 4.74 Å². The van der Waals surface area contributed by atoms with Gasteiger partial charge in [0.1, 0.15) is 0 Å². The largest absolute Gasteiger partial charge is 0.432 e. The molecule has 0 saturated heterocycles. The Labute approximate surface area is 122 Å². The summed E-state index contributed by atoms with van der Waals surface area (Å²) < 4.78 is 7.05. The van der Waals surface area contributed by atoms with Crippen LogP contribution >= 0.6 is 11.6 Å². The number of nitrogen functional groups attached to an aromatic ring is 1. The van der Waals surface area contributed by atoms with E-state index in [1.54, 1.807) is 29.0 Å². The van der Waals surface area contributed by atoms with E-state index in [-0.39, 0.29) is 11.4 Å². The lowest BCUT2D eigenvalue weighted by atomic mass is 10.2. The molecule has 0 saturated carbocycles. The summed E-state index contributed by atoms with van der Waals surface area (Å²) >= 11 is 5.88. The van der Waals surface area contributed by atoms with Gasteiger partial charge in [0, 0.05) is 30.0 Å². The minimum Gasteiger partial charge on any atom is -0.432 e. The zero-order valence-electron chi connectivity index (χ0n) is 11.3. The van der Waals surface area contributed by atoms with E-state index in [9.17, 15) is 4.79 Å². The number of halogens is 1. The molecule has 5 nitrogen and oxygen atoms in total. The second-order valence-electron chi connectivity index (χ2n) is 4.87. The molecule has 0 unspecified atom stereocenters. The summed E-state index contributed by atoms with van der Waals surface area (Å²) in [6, 6.07) is 4.82. The first-order valence-corrected chi connectivity index (χ1v) is 6.63. The topological polar surface area (TPSA) is 70.1 Å². The maximum atomic E-state index is 12.2. The monoisotopic (exact) mass is 293 g/mol. The molecule has 0 amide bonds. The molecule has 0 spiro atoms. The van der Waals surface area contributed by atoms with Crippen LogP contribution in [0.4, 0.5) is 5.69 Å². The Balaban J connectivity index is 2.34. The third-order valence-corrected chi connectivity index (χ3v) is 2.86. The zero-order valence-corrected chi connectivity index (χ0v) is 12.1. The quantitative estimate of drug-likeness (QED) is 0.880. The second-order valence-corrected chi connectivity index (χ2v) is 5.30. The molecule has 1 aromatic carbocycles. The van der Waals surface area contributed by atoms with Crippen LogP contribution in [0.3, 0.4) is 0 Å². The minimum atomic E-state index is -0.291. The van der Waals surface area contributed by atoms with Crippen molar-refractivity contribution in [2.24, 2.45) is 5.92 Å². The van der Waals surface area contributed by atoms with Gasteiger partial charge in [-0.3, -0.25) is 4.79 Å². The van der Waals surface area contributed by atoms with E-state index in [0.29, 0.717) is 28.9 Å². The molecule has 0 aliphatic rings. The lowest BCUT2D eigenvalue weighted by Crippen LogP contribution is -2.23.